The van der Waals surface area contributed by atoms with Crippen molar-refractivity contribution in [3.05, 3.63) is 35.6 Å². The van der Waals surface area contributed by atoms with Crippen molar-refractivity contribution >= 4 is 18.3 Å². The molecule has 1 fully saturated rings. The van der Waals surface area contributed by atoms with Crippen LogP contribution in [0.5, 0.6) is 0 Å². The molecule has 1 aromatic carbocycles. The van der Waals surface area contributed by atoms with Gasteiger partial charge in [0.15, 0.2) is 0 Å². The van der Waals surface area contributed by atoms with Crippen molar-refractivity contribution in [1.82, 2.24) is 4.90 Å². The Morgan fingerprint density at radius 1 is 1.21 bits per heavy atom. The van der Waals surface area contributed by atoms with Gasteiger partial charge in [0, 0.05) is 19.6 Å². The number of halogens is 2. The molecule has 0 atom stereocenters. The van der Waals surface area contributed by atoms with Crippen LogP contribution in [-0.4, -0.2) is 30.4 Å². The Kier molecular flexibility index (Phi) is 8.17. The Labute approximate surface area is 151 Å². The number of nitrogens with two attached hydrogens (primary N) is 1. The third kappa shape index (κ3) is 4.70. The smallest absolute Gasteiger partial charge is 0.230 e. The summed E-state index contributed by atoms with van der Waals surface area (Å²) < 4.78 is 13.0. The highest BCUT2D eigenvalue weighted by Crippen LogP contribution is 2.30. The molecule has 0 saturated carbocycles. The highest BCUT2D eigenvalue weighted by atomic mass is 35.5. The van der Waals surface area contributed by atoms with Gasteiger partial charge in [-0.2, -0.15) is 0 Å². The topological polar surface area (TPSA) is 46.3 Å². The highest BCUT2D eigenvalue weighted by molar-refractivity contribution is 5.85. The molecule has 1 amide bonds. The van der Waals surface area contributed by atoms with Crippen molar-refractivity contribution in [2.24, 2.45) is 17.1 Å². The van der Waals surface area contributed by atoms with E-state index in [0.29, 0.717) is 12.5 Å². The second kappa shape index (κ2) is 9.38. The number of hydrogen-bond donors (Lipinski definition) is 1. The minimum absolute atomic E-state index is 0. The van der Waals surface area contributed by atoms with Crippen molar-refractivity contribution in [1.29, 1.82) is 0 Å². The number of carbonyl (C=O) groups is 1. The largest absolute Gasteiger partial charge is 0.342 e. The van der Waals surface area contributed by atoms with E-state index in [2.05, 4.69) is 13.8 Å². The summed E-state index contributed by atoms with van der Waals surface area (Å²) in [4.78, 5) is 14.8. The van der Waals surface area contributed by atoms with E-state index in [0.717, 1.165) is 45.2 Å². The number of benzene rings is 1. The second-order valence-corrected chi connectivity index (χ2v) is 6.76. The number of amides is 1. The van der Waals surface area contributed by atoms with E-state index in [1.165, 1.54) is 17.7 Å². The Hall–Kier alpha value is -1.13. The van der Waals surface area contributed by atoms with E-state index in [9.17, 15) is 9.18 Å². The third-order valence-corrected chi connectivity index (χ3v) is 5.54. The van der Waals surface area contributed by atoms with E-state index in [1.807, 2.05) is 17.0 Å². The van der Waals surface area contributed by atoms with Crippen LogP contribution < -0.4 is 5.73 Å². The molecule has 0 radical (unpaired) electrons. The van der Waals surface area contributed by atoms with Gasteiger partial charge in [0.25, 0.3) is 0 Å². The van der Waals surface area contributed by atoms with Gasteiger partial charge in [0.05, 0.1) is 5.41 Å². The summed E-state index contributed by atoms with van der Waals surface area (Å²) in [6.45, 7) is 6.15. The molecule has 0 spiro atoms. The van der Waals surface area contributed by atoms with Gasteiger partial charge in [-0.25, -0.2) is 4.39 Å². The highest BCUT2D eigenvalue weighted by Gasteiger charge is 2.37. The molecule has 0 unspecified atom stereocenters. The van der Waals surface area contributed by atoms with Crippen LogP contribution in [0.15, 0.2) is 24.3 Å². The molecule has 0 aliphatic carbocycles. The Morgan fingerprint density at radius 2 is 1.75 bits per heavy atom. The van der Waals surface area contributed by atoms with Crippen LogP contribution in [0.3, 0.4) is 0 Å². The average molecular weight is 357 g/mol. The zero-order chi connectivity index (χ0) is 16.9. The Bertz CT molecular complexity index is 500. The molecule has 2 N–H and O–H groups in total. The lowest BCUT2D eigenvalue weighted by molar-refractivity contribution is -0.143. The van der Waals surface area contributed by atoms with Crippen molar-refractivity contribution < 1.29 is 9.18 Å². The molecule has 24 heavy (non-hydrogen) atoms. The summed E-state index contributed by atoms with van der Waals surface area (Å²) in [7, 11) is 0. The number of carbonyl (C=O) groups excluding carboxylic acids is 1. The van der Waals surface area contributed by atoms with Crippen molar-refractivity contribution in [2.75, 3.05) is 19.6 Å². The first-order valence-electron chi connectivity index (χ1n) is 8.78. The lowest BCUT2D eigenvalue weighted by atomic mass is 9.80. The van der Waals surface area contributed by atoms with Crippen LogP contribution in [0.2, 0.25) is 0 Å². The SMILES string of the molecule is CCC(CC)(CN)C(=O)N1CCC(Cc2ccc(F)cc2)CC1.Cl. The van der Waals surface area contributed by atoms with Crippen LogP contribution in [0.25, 0.3) is 0 Å². The van der Waals surface area contributed by atoms with E-state index in [1.54, 1.807) is 0 Å². The number of piperidine rings is 1. The molecule has 2 rings (SSSR count). The zero-order valence-electron chi connectivity index (χ0n) is 14.8. The summed E-state index contributed by atoms with van der Waals surface area (Å²) in [5.74, 6) is 0.608. The molecule has 1 aliphatic rings. The molecule has 1 aromatic rings. The fourth-order valence-corrected chi connectivity index (χ4v) is 3.56. The summed E-state index contributed by atoms with van der Waals surface area (Å²) >= 11 is 0. The molecule has 3 nitrogen and oxygen atoms in total. The summed E-state index contributed by atoms with van der Waals surface area (Å²) in [6, 6.07) is 6.76. The van der Waals surface area contributed by atoms with E-state index in [-0.39, 0.29) is 29.5 Å². The fraction of sp³-hybridized carbons (Fsp3) is 0.632. The average Bonchev–Trinajstić information content (AvgIpc) is 2.59. The molecule has 0 bridgehead atoms. The van der Waals surface area contributed by atoms with Gasteiger partial charge < -0.3 is 10.6 Å². The zero-order valence-corrected chi connectivity index (χ0v) is 15.6. The molecule has 1 heterocycles. The van der Waals surface area contributed by atoms with Crippen LogP contribution in [0.1, 0.15) is 45.1 Å². The molecule has 0 aromatic heterocycles. The van der Waals surface area contributed by atoms with Crippen LogP contribution >= 0.6 is 12.4 Å². The quantitative estimate of drug-likeness (QED) is 0.842. The Morgan fingerprint density at radius 3 is 2.21 bits per heavy atom. The monoisotopic (exact) mass is 356 g/mol. The maximum Gasteiger partial charge on any atom is 0.230 e. The number of hydrogen-bond acceptors (Lipinski definition) is 2. The molecule has 136 valence electrons. The van der Waals surface area contributed by atoms with Gasteiger partial charge in [-0.05, 0) is 55.7 Å². The van der Waals surface area contributed by atoms with Crippen molar-refractivity contribution in [3.8, 4) is 0 Å². The molecule has 1 aliphatic heterocycles. The predicted octanol–water partition coefficient (Wildman–Crippen LogP) is 3.79. The first-order valence-corrected chi connectivity index (χ1v) is 8.78. The van der Waals surface area contributed by atoms with Crippen LogP contribution in [0, 0.1) is 17.2 Å². The van der Waals surface area contributed by atoms with Crippen molar-refractivity contribution in [3.63, 3.8) is 0 Å². The van der Waals surface area contributed by atoms with Crippen LogP contribution in [0.4, 0.5) is 4.39 Å². The van der Waals surface area contributed by atoms with Gasteiger partial charge in [-0.15, -0.1) is 12.4 Å². The minimum Gasteiger partial charge on any atom is -0.342 e. The standard InChI is InChI=1S/C19H29FN2O.ClH/c1-3-19(4-2,14-21)18(23)22-11-9-16(10-12-22)13-15-5-7-17(20)8-6-15;/h5-8,16H,3-4,9-14,21H2,1-2H3;1H. The molecular weight excluding hydrogens is 327 g/mol. The first kappa shape index (κ1) is 20.9. The molecular formula is C19H30ClFN2O. The lowest BCUT2D eigenvalue weighted by Gasteiger charge is -2.39. The Balaban J connectivity index is 0.00000288. The number of nitrogens with zero attached hydrogens (tertiary/aromatic N) is 1. The third-order valence-electron chi connectivity index (χ3n) is 5.54. The molecule has 5 heteroatoms. The minimum atomic E-state index is -0.385. The van der Waals surface area contributed by atoms with Gasteiger partial charge in [-0.3, -0.25) is 4.79 Å². The van der Waals surface area contributed by atoms with Gasteiger partial charge in [-0.1, -0.05) is 26.0 Å². The van der Waals surface area contributed by atoms with Crippen LogP contribution in [-0.2, 0) is 11.2 Å². The second-order valence-electron chi connectivity index (χ2n) is 6.76. The number of rotatable bonds is 6. The van der Waals surface area contributed by atoms with Gasteiger partial charge in [0.1, 0.15) is 5.82 Å². The number of likely N-dealkylation sites (tertiary alicyclic amines) is 1. The molecule has 1 saturated heterocycles. The normalized spacial score (nSPS) is 15.9. The fourth-order valence-electron chi connectivity index (χ4n) is 3.56. The van der Waals surface area contributed by atoms with E-state index >= 15 is 0 Å². The first-order chi connectivity index (χ1) is 11.0. The van der Waals surface area contributed by atoms with Gasteiger partial charge in [0.2, 0.25) is 5.91 Å². The van der Waals surface area contributed by atoms with Gasteiger partial charge >= 0.3 is 0 Å². The maximum atomic E-state index is 13.0. The summed E-state index contributed by atoms with van der Waals surface area (Å²) in [5, 5.41) is 0. The van der Waals surface area contributed by atoms with E-state index < -0.39 is 0 Å². The predicted molar refractivity (Wildman–Crippen MR) is 98.7 cm³/mol. The summed E-state index contributed by atoms with van der Waals surface area (Å²) in [6.07, 6.45) is 4.59. The maximum absolute atomic E-state index is 13.0. The van der Waals surface area contributed by atoms with Crippen molar-refractivity contribution in [2.45, 2.75) is 46.0 Å². The van der Waals surface area contributed by atoms with E-state index in [4.69, 9.17) is 5.73 Å². The summed E-state index contributed by atoms with van der Waals surface area (Å²) in [5.41, 5.74) is 6.69. The lowest BCUT2D eigenvalue weighted by Crippen LogP contribution is -2.50.